The zero-order valence-electron chi connectivity index (χ0n) is 10.5. The molecule has 2 heteroatoms. The van der Waals surface area contributed by atoms with Gasteiger partial charge in [-0.1, -0.05) is 57.9 Å². The van der Waals surface area contributed by atoms with Crippen molar-refractivity contribution in [3.63, 3.8) is 0 Å². The van der Waals surface area contributed by atoms with Gasteiger partial charge in [0.25, 0.3) is 0 Å². The maximum atomic E-state index is 11.9. The minimum absolute atomic E-state index is 0.168. The standard InChI is InChI=1S/C16H15BrO/c1-11-3-5-13(6-4-11)16(12(2)18)14-7-9-15(17)10-8-14/h3-10,16H,1-2H3. The van der Waals surface area contributed by atoms with E-state index >= 15 is 0 Å². The Balaban J connectivity index is 2.43. The van der Waals surface area contributed by atoms with Gasteiger partial charge in [-0.2, -0.15) is 0 Å². The predicted octanol–water partition coefficient (Wildman–Crippen LogP) is 4.48. The molecular weight excluding hydrogens is 288 g/mol. The first-order valence-electron chi connectivity index (χ1n) is 5.90. The fraction of sp³-hybridized carbons (Fsp3) is 0.188. The molecule has 0 saturated heterocycles. The van der Waals surface area contributed by atoms with E-state index in [0.29, 0.717) is 0 Å². The molecule has 0 aliphatic carbocycles. The Morgan fingerprint density at radius 1 is 0.944 bits per heavy atom. The fourth-order valence-corrected chi connectivity index (χ4v) is 2.34. The van der Waals surface area contributed by atoms with Gasteiger partial charge in [-0.3, -0.25) is 4.79 Å². The van der Waals surface area contributed by atoms with Crippen LogP contribution in [0, 0.1) is 6.92 Å². The lowest BCUT2D eigenvalue weighted by atomic mass is 9.88. The van der Waals surface area contributed by atoms with E-state index in [9.17, 15) is 4.79 Å². The summed E-state index contributed by atoms with van der Waals surface area (Å²) in [4.78, 5) is 11.9. The average Bonchev–Trinajstić information content (AvgIpc) is 2.34. The van der Waals surface area contributed by atoms with Crippen LogP contribution >= 0.6 is 15.9 Å². The van der Waals surface area contributed by atoms with Gasteiger partial charge < -0.3 is 0 Å². The summed E-state index contributed by atoms with van der Waals surface area (Å²) in [5.41, 5.74) is 3.29. The molecule has 1 nitrogen and oxygen atoms in total. The largest absolute Gasteiger partial charge is 0.299 e. The van der Waals surface area contributed by atoms with Crippen LogP contribution in [0.25, 0.3) is 0 Å². The number of hydrogen-bond donors (Lipinski definition) is 0. The number of rotatable bonds is 3. The third kappa shape index (κ3) is 2.88. The van der Waals surface area contributed by atoms with Gasteiger partial charge in [-0.25, -0.2) is 0 Å². The van der Waals surface area contributed by atoms with E-state index in [1.54, 1.807) is 6.92 Å². The zero-order valence-corrected chi connectivity index (χ0v) is 12.1. The molecule has 92 valence electrons. The van der Waals surface area contributed by atoms with E-state index < -0.39 is 0 Å². The molecule has 0 fully saturated rings. The second-order valence-electron chi connectivity index (χ2n) is 4.51. The molecule has 0 heterocycles. The number of carbonyl (C=O) groups excluding carboxylic acids is 1. The van der Waals surface area contributed by atoms with Gasteiger partial charge in [0, 0.05) is 4.47 Å². The summed E-state index contributed by atoms with van der Waals surface area (Å²) in [7, 11) is 0. The highest BCUT2D eigenvalue weighted by Gasteiger charge is 2.18. The SMILES string of the molecule is CC(=O)C(c1ccc(C)cc1)c1ccc(Br)cc1. The van der Waals surface area contributed by atoms with Gasteiger partial charge >= 0.3 is 0 Å². The van der Waals surface area contributed by atoms with Crippen LogP contribution in [0.15, 0.2) is 53.0 Å². The number of benzene rings is 2. The zero-order chi connectivity index (χ0) is 13.1. The Kier molecular flexibility index (Phi) is 3.97. The molecule has 0 bridgehead atoms. The molecule has 0 spiro atoms. The van der Waals surface area contributed by atoms with Crippen molar-refractivity contribution in [2.75, 3.05) is 0 Å². The van der Waals surface area contributed by atoms with Crippen molar-refractivity contribution in [1.29, 1.82) is 0 Å². The molecule has 18 heavy (non-hydrogen) atoms. The van der Waals surface area contributed by atoms with Crippen LogP contribution in [0.4, 0.5) is 0 Å². The Morgan fingerprint density at radius 2 is 1.39 bits per heavy atom. The minimum Gasteiger partial charge on any atom is -0.299 e. The lowest BCUT2D eigenvalue weighted by Crippen LogP contribution is -2.10. The van der Waals surface area contributed by atoms with Crippen LogP contribution < -0.4 is 0 Å². The van der Waals surface area contributed by atoms with Crippen molar-refractivity contribution < 1.29 is 4.79 Å². The normalized spacial score (nSPS) is 12.2. The summed E-state index contributed by atoms with van der Waals surface area (Å²) in [5.74, 6) is -0.000115. The molecule has 0 saturated carbocycles. The molecule has 0 amide bonds. The monoisotopic (exact) mass is 302 g/mol. The first-order valence-corrected chi connectivity index (χ1v) is 6.69. The van der Waals surface area contributed by atoms with Crippen molar-refractivity contribution in [2.24, 2.45) is 0 Å². The van der Waals surface area contributed by atoms with Crippen LogP contribution in [0.3, 0.4) is 0 Å². The van der Waals surface area contributed by atoms with Crippen LogP contribution in [-0.2, 0) is 4.79 Å². The topological polar surface area (TPSA) is 17.1 Å². The first-order chi connectivity index (χ1) is 8.58. The molecule has 0 aliphatic rings. The highest BCUT2D eigenvalue weighted by molar-refractivity contribution is 9.10. The van der Waals surface area contributed by atoms with Gasteiger partial charge in [-0.15, -0.1) is 0 Å². The van der Waals surface area contributed by atoms with E-state index in [2.05, 4.69) is 15.9 Å². The molecule has 0 aromatic heterocycles. The summed E-state index contributed by atoms with van der Waals surface area (Å²) >= 11 is 3.41. The molecule has 2 aromatic rings. The van der Waals surface area contributed by atoms with Crippen molar-refractivity contribution in [2.45, 2.75) is 19.8 Å². The number of carbonyl (C=O) groups is 1. The predicted molar refractivity (Wildman–Crippen MR) is 77.8 cm³/mol. The second kappa shape index (κ2) is 5.49. The van der Waals surface area contributed by atoms with E-state index in [1.807, 2.05) is 55.5 Å². The fourth-order valence-electron chi connectivity index (χ4n) is 2.08. The van der Waals surface area contributed by atoms with Crippen LogP contribution in [0.5, 0.6) is 0 Å². The highest BCUT2D eigenvalue weighted by Crippen LogP contribution is 2.27. The van der Waals surface area contributed by atoms with Crippen LogP contribution in [0.2, 0.25) is 0 Å². The van der Waals surface area contributed by atoms with Crippen molar-refractivity contribution in [1.82, 2.24) is 0 Å². The van der Waals surface area contributed by atoms with Gasteiger partial charge in [0.2, 0.25) is 0 Å². The Bertz CT molecular complexity index is 495. The molecule has 1 atom stereocenters. The molecule has 2 rings (SSSR count). The Morgan fingerprint density at radius 3 is 1.83 bits per heavy atom. The summed E-state index contributed by atoms with van der Waals surface area (Å²) in [6.45, 7) is 3.69. The third-order valence-corrected chi connectivity index (χ3v) is 3.55. The minimum atomic E-state index is -0.168. The van der Waals surface area contributed by atoms with Gasteiger partial charge in [0.05, 0.1) is 5.92 Å². The summed E-state index contributed by atoms with van der Waals surface area (Å²) in [6.07, 6.45) is 0. The third-order valence-electron chi connectivity index (χ3n) is 3.02. The number of ketones is 1. The lowest BCUT2D eigenvalue weighted by Gasteiger charge is -2.15. The molecular formula is C16H15BrO. The van der Waals surface area contributed by atoms with Crippen LogP contribution in [-0.4, -0.2) is 5.78 Å². The van der Waals surface area contributed by atoms with Crippen LogP contribution in [0.1, 0.15) is 29.5 Å². The van der Waals surface area contributed by atoms with Gasteiger partial charge in [0.15, 0.2) is 0 Å². The number of Topliss-reactive ketones (excluding diaryl/α,β-unsaturated/α-hetero) is 1. The van der Waals surface area contributed by atoms with E-state index in [-0.39, 0.29) is 11.7 Å². The maximum Gasteiger partial charge on any atom is 0.141 e. The van der Waals surface area contributed by atoms with Crippen molar-refractivity contribution in [3.05, 3.63) is 69.7 Å². The quantitative estimate of drug-likeness (QED) is 0.817. The number of hydrogen-bond acceptors (Lipinski definition) is 1. The highest BCUT2D eigenvalue weighted by atomic mass is 79.9. The van der Waals surface area contributed by atoms with Crippen molar-refractivity contribution >= 4 is 21.7 Å². The smallest absolute Gasteiger partial charge is 0.141 e. The van der Waals surface area contributed by atoms with E-state index in [0.717, 1.165) is 15.6 Å². The Labute approximate surface area is 116 Å². The number of aryl methyl sites for hydroxylation is 1. The van der Waals surface area contributed by atoms with E-state index in [1.165, 1.54) is 5.56 Å². The second-order valence-corrected chi connectivity index (χ2v) is 5.42. The molecule has 0 N–H and O–H groups in total. The molecule has 2 aromatic carbocycles. The summed E-state index contributed by atoms with van der Waals surface area (Å²) < 4.78 is 1.03. The first kappa shape index (κ1) is 13.0. The molecule has 0 radical (unpaired) electrons. The molecule has 1 unspecified atom stereocenters. The van der Waals surface area contributed by atoms with Gasteiger partial charge in [-0.05, 0) is 37.1 Å². The summed E-state index contributed by atoms with van der Waals surface area (Å²) in [6, 6.07) is 16.1. The maximum absolute atomic E-state index is 11.9. The Hall–Kier alpha value is -1.41. The summed E-state index contributed by atoms with van der Waals surface area (Å²) in [5, 5.41) is 0. The average molecular weight is 303 g/mol. The van der Waals surface area contributed by atoms with Gasteiger partial charge in [0.1, 0.15) is 5.78 Å². The van der Waals surface area contributed by atoms with Crippen molar-refractivity contribution in [3.8, 4) is 0 Å². The van der Waals surface area contributed by atoms with E-state index in [4.69, 9.17) is 0 Å². The molecule has 0 aliphatic heterocycles. The lowest BCUT2D eigenvalue weighted by molar-refractivity contribution is -0.117. The number of halogens is 1.